The lowest BCUT2D eigenvalue weighted by Crippen LogP contribution is -2.15. The molecule has 3 rings (SSSR count). The molecule has 0 saturated heterocycles. The number of benzene rings is 2. The van der Waals surface area contributed by atoms with E-state index in [1.165, 1.54) is 18.2 Å². The number of thioether (sulfide) groups is 1. The molecule has 2 aromatic carbocycles. The maximum Gasteiger partial charge on any atom is 0.416 e. The second kappa shape index (κ2) is 9.35. The van der Waals surface area contributed by atoms with Crippen molar-refractivity contribution in [1.29, 1.82) is 0 Å². The van der Waals surface area contributed by atoms with Crippen LogP contribution in [0, 0.1) is 5.82 Å². The van der Waals surface area contributed by atoms with Gasteiger partial charge in [-0.05, 0) is 30.3 Å². The molecule has 0 aliphatic carbocycles. The molecule has 0 fully saturated rings. The number of hydrogen-bond acceptors (Lipinski definition) is 6. The molecular formula is C18H12ClF4N3O3S. The van der Waals surface area contributed by atoms with Crippen LogP contribution in [0.25, 0.3) is 0 Å². The molecule has 1 aromatic heterocycles. The standard InChI is InChI=1S/C18H12ClF4N3O3S/c19-11-6-5-10(18(21,22)23)7-13(11)24-15(27)9-30-17-26-25-16(29-17)8-28-14-4-2-1-3-12(14)20/h1-7H,8-9H2,(H,24,27). The summed E-state index contributed by atoms with van der Waals surface area (Å²) >= 11 is 6.70. The number of alkyl halides is 3. The highest BCUT2D eigenvalue weighted by molar-refractivity contribution is 7.99. The number of para-hydroxylation sites is 1. The van der Waals surface area contributed by atoms with Crippen LogP contribution in [0.5, 0.6) is 5.75 Å². The average molecular weight is 462 g/mol. The number of nitrogens with zero attached hydrogens (tertiary/aromatic N) is 2. The maximum absolute atomic E-state index is 13.5. The van der Waals surface area contributed by atoms with Crippen LogP contribution in [-0.4, -0.2) is 21.9 Å². The molecule has 6 nitrogen and oxygen atoms in total. The minimum atomic E-state index is -4.57. The van der Waals surface area contributed by atoms with E-state index in [1.54, 1.807) is 6.07 Å². The van der Waals surface area contributed by atoms with Gasteiger partial charge < -0.3 is 14.5 Å². The topological polar surface area (TPSA) is 77.2 Å². The van der Waals surface area contributed by atoms with Crippen LogP contribution in [-0.2, 0) is 17.6 Å². The Kier molecular flexibility index (Phi) is 6.83. The number of ether oxygens (including phenoxy) is 1. The highest BCUT2D eigenvalue weighted by Crippen LogP contribution is 2.34. The van der Waals surface area contributed by atoms with Crippen LogP contribution in [0.3, 0.4) is 0 Å². The van der Waals surface area contributed by atoms with Gasteiger partial charge in [-0.3, -0.25) is 4.79 Å². The molecule has 158 valence electrons. The summed E-state index contributed by atoms with van der Waals surface area (Å²) in [5.41, 5.74) is -1.10. The smallest absolute Gasteiger partial charge is 0.416 e. The van der Waals surface area contributed by atoms with Crippen molar-refractivity contribution in [2.45, 2.75) is 18.0 Å². The Morgan fingerprint density at radius 3 is 2.70 bits per heavy atom. The number of amides is 1. The largest absolute Gasteiger partial charge is 0.481 e. The number of hydrogen-bond donors (Lipinski definition) is 1. The third-order valence-electron chi connectivity index (χ3n) is 3.53. The first-order chi connectivity index (χ1) is 14.2. The van der Waals surface area contributed by atoms with Crippen molar-refractivity contribution in [1.82, 2.24) is 10.2 Å². The van der Waals surface area contributed by atoms with Crippen LogP contribution >= 0.6 is 23.4 Å². The fraction of sp³-hybridized carbons (Fsp3) is 0.167. The van der Waals surface area contributed by atoms with E-state index in [2.05, 4.69) is 15.5 Å². The molecule has 1 amide bonds. The van der Waals surface area contributed by atoms with E-state index in [0.29, 0.717) is 0 Å². The molecule has 0 saturated carbocycles. The predicted octanol–water partition coefficient (Wildman–Crippen LogP) is 5.19. The molecule has 0 aliphatic heterocycles. The Morgan fingerprint density at radius 1 is 1.20 bits per heavy atom. The zero-order valence-corrected chi connectivity index (χ0v) is 16.4. The van der Waals surface area contributed by atoms with Gasteiger partial charge in [-0.25, -0.2) is 4.39 Å². The summed E-state index contributed by atoms with van der Waals surface area (Å²) in [5, 5.41) is 9.73. The van der Waals surface area contributed by atoms with Crippen molar-refractivity contribution in [3.63, 3.8) is 0 Å². The second-order valence-corrected chi connectivity index (χ2v) is 7.04. The molecule has 0 atom stereocenters. The highest BCUT2D eigenvalue weighted by Gasteiger charge is 2.31. The molecule has 30 heavy (non-hydrogen) atoms. The molecular weight excluding hydrogens is 450 g/mol. The fourth-order valence-corrected chi connectivity index (χ4v) is 2.91. The lowest BCUT2D eigenvalue weighted by molar-refractivity contribution is -0.137. The van der Waals surface area contributed by atoms with Crippen molar-refractivity contribution in [2.24, 2.45) is 0 Å². The van der Waals surface area contributed by atoms with Crippen LogP contribution in [0.4, 0.5) is 23.2 Å². The monoisotopic (exact) mass is 461 g/mol. The highest BCUT2D eigenvalue weighted by atomic mass is 35.5. The first-order valence-corrected chi connectivity index (χ1v) is 9.58. The molecule has 3 aromatic rings. The van der Waals surface area contributed by atoms with Gasteiger partial charge in [-0.1, -0.05) is 35.5 Å². The van der Waals surface area contributed by atoms with E-state index in [4.69, 9.17) is 20.8 Å². The van der Waals surface area contributed by atoms with Crippen molar-refractivity contribution < 1.29 is 31.5 Å². The number of carbonyl (C=O) groups is 1. The quantitative estimate of drug-likeness (QED) is 0.385. The Bertz CT molecular complexity index is 1050. The van der Waals surface area contributed by atoms with Gasteiger partial charge in [0.2, 0.25) is 5.91 Å². The Labute approximate surface area is 176 Å². The molecule has 1 heterocycles. The Morgan fingerprint density at radius 2 is 1.97 bits per heavy atom. The molecule has 0 bridgehead atoms. The fourth-order valence-electron chi connectivity index (χ4n) is 2.17. The molecule has 0 aliphatic rings. The Balaban J connectivity index is 1.53. The number of halogens is 5. The van der Waals surface area contributed by atoms with Crippen molar-refractivity contribution >= 4 is 35.0 Å². The number of aromatic nitrogens is 2. The lowest BCUT2D eigenvalue weighted by atomic mass is 10.2. The first-order valence-electron chi connectivity index (χ1n) is 8.21. The van der Waals surface area contributed by atoms with Crippen molar-refractivity contribution in [2.75, 3.05) is 11.1 Å². The van der Waals surface area contributed by atoms with Gasteiger partial charge in [-0.2, -0.15) is 13.2 Å². The van der Waals surface area contributed by atoms with Crippen molar-refractivity contribution in [3.8, 4) is 5.75 Å². The summed E-state index contributed by atoms with van der Waals surface area (Å²) < 4.78 is 62.3. The van der Waals surface area contributed by atoms with E-state index in [1.807, 2.05) is 0 Å². The van der Waals surface area contributed by atoms with Gasteiger partial charge in [0.25, 0.3) is 11.1 Å². The van der Waals surface area contributed by atoms with Crippen LogP contribution < -0.4 is 10.1 Å². The van der Waals surface area contributed by atoms with Crippen LogP contribution in [0.2, 0.25) is 5.02 Å². The summed E-state index contributed by atoms with van der Waals surface area (Å²) in [6, 6.07) is 8.40. The lowest BCUT2D eigenvalue weighted by Gasteiger charge is -2.11. The zero-order chi connectivity index (χ0) is 21.7. The summed E-state index contributed by atoms with van der Waals surface area (Å²) in [7, 11) is 0. The number of carbonyl (C=O) groups excluding carboxylic acids is 1. The van der Waals surface area contributed by atoms with Crippen molar-refractivity contribution in [3.05, 3.63) is 64.8 Å². The normalized spacial score (nSPS) is 11.4. The minimum absolute atomic E-state index is 0.0160. The van der Waals surface area contributed by atoms with Crippen LogP contribution in [0.1, 0.15) is 11.5 Å². The SMILES string of the molecule is O=C(CSc1nnc(COc2ccccc2F)o1)Nc1cc(C(F)(F)F)ccc1Cl. The van der Waals surface area contributed by atoms with Gasteiger partial charge in [0, 0.05) is 0 Å². The summed E-state index contributed by atoms with van der Waals surface area (Å²) in [6.45, 7) is -0.180. The number of nitrogens with one attached hydrogen (secondary N) is 1. The summed E-state index contributed by atoms with van der Waals surface area (Å²) in [6.07, 6.45) is -4.57. The first kappa shape index (κ1) is 21.9. The number of anilines is 1. The van der Waals surface area contributed by atoms with E-state index in [9.17, 15) is 22.4 Å². The minimum Gasteiger partial charge on any atom is -0.481 e. The molecule has 12 heteroatoms. The summed E-state index contributed by atoms with van der Waals surface area (Å²) in [4.78, 5) is 12.0. The van der Waals surface area contributed by atoms with E-state index < -0.39 is 23.5 Å². The van der Waals surface area contributed by atoms with Crippen LogP contribution in [0.15, 0.2) is 52.1 Å². The predicted molar refractivity (Wildman–Crippen MR) is 101 cm³/mol. The third kappa shape index (κ3) is 5.86. The molecule has 0 spiro atoms. The van der Waals surface area contributed by atoms with E-state index >= 15 is 0 Å². The summed E-state index contributed by atoms with van der Waals surface area (Å²) in [5.74, 6) is -1.31. The molecule has 1 N–H and O–H groups in total. The van der Waals surface area contributed by atoms with E-state index in [0.717, 1.165) is 30.0 Å². The zero-order valence-electron chi connectivity index (χ0n) is 14.9. The maximum atomic E-state index is 13.5. The second-order valence-electron chi connectivity index (χ2n) is 5.71. The van der Waals surface area contributed by atoms with Gasteiger partial charge in [0.05, 0.1) is 22.0 Å². The third-order valence-corrected chi connectivity index (χ3v) is 4.68. The average Bonchev–Trinajstić information content (AvgIpc) is 3.14. The molecule has 0 unspecified atom stereocenters. The van der Waals surface area contributed by atoms with E-state index in [-0.39, 0.29) is 39.9 Å². The Hall–Kier alpha value is -2.79. The van der Waals surface area contributed by atoms with Gasteiger partial charge in [0.15, 0.2) is 18.2 Å². The molecule has 0 radical (unpaired) electrons. The van der Waals surface area contributed by atoms with Gasteiger partial charge in [-0.15, -0.1) is 10.2 Å². The number of rotatable bonds is 7. The van der Waals surface area contributed by atoms with Gasteiger partial charge in [0.1, 0.15) is 0 Å². The van der Waals surface area contributed by atoms with Gasteiger partial charge >= 0.3 is 6.18 Å².